The number of nitrogens with zero attached hydrogens (tertiary/aromatic N) is 1. The minimum atomic E-state index is -0.672. The molecule has 6 heteroatoms. The predicted molar refractivity (Wildman–Crippen MR) is 79.3 cm³/mol. The molecule has 0 N–H and O–H groups in total. The van der Waals surface area contributed by atoms with Gasteiger partial charge in [0.1, 0.15) is 17.6 Å². The van der Waals surface area contributed by atoms with Crippen LogP contribution in [0.2, 0.25) is 0 Å². The van der Waals surface area contributed by atoms with E-state index < -0.39 is 23.7 Å². The number of halogens is 2. The van der Waals surface area contributed by atoms with Crippen molar-refractivity contribution in [1.82, 2.24) is 0 Å². The van der Waals surface area contributed by atoms with Crippen molar-refractivity contribution in [3.05, 3.63) is 28.5 Å². The van der Waals surface area contributed by atoms with E-state index in [4.69, 9.17) is 9.47 Å². The molecule has 0 spiro atoms. The van der Waals surface area contributed by atoms with Gasteiger partial charge < -0.3 is 9.47 Å². The normalized spacial score (nSPS) is 12.9. The molecule has 1 aromatic rings. The Balaban J connectivity index is 3.15. The van der Waals surface area contributed by atoms with Gasteiger partial charge >= 0.3 is 6.09 Å². The average Bonchev–Trinajstić information content (AvgIpc) is 2.29. The lowest BCUT2D eigenvalue weighted by atomic mass is 10.2. The summed E-state index contributed by atoms with van der Waals surface area (Å²) >= 11 is 3.18. The van der Waals surface area contributed by atoms with Gasteiger partial charge in [0.2, 0.25) is 0 Å². The molecular formula is C14H19BrFNO3. The first-order valence-electron chi connectivity index (χ1n) is 6.16. The Kier molecular flexibility index (Phi) is 5.53. The van der Waals surface area contributed by atoms with Crippen LogP contribution in [-0.2, 0) is 9.47 Å². The molecule has 1 amide bonds. The van der Waals surface area contributed by atoms with Gasteiger partial charge in [-0.25, -0.2) is 14.1 Å². The molecule has 4 nitrogen and oxygen atoms in total. The van der Waals surface area contributed by atoms with Crippen molar-refractivity contribution >= 4 is 27.7 Å². The second kappa shape index (κ2) is 6.54. The SMILES string of the molecule is COC(C)N(C(=O)OC(C)(C)C)c1ccc(Br)cc1F. The zero-order valence-corrected chi connectivity index (χ0v) is 13.8. The van der Waals surface area contributed by atoms with Gasteiger partial charge in [-0.1, -0.05) is 15.9 Å². The number of hydrogen-bond donors (Lipinski definition) is 0. The van der Waals surface area contributed by atoms with E-state index in [0.29, 0.717) is 4.47 Å². The Hall–Kier alpha value is -1.14. The van der Waals surface area contributed by atoms with Gasteiger partial charge in [-0.15, -0.1) is 0 Å². The fourth-order valence-corrected chi connectivity index (χ4v) is 1.87. The summed E-state index contributed by atoms with van der Waals surface area (Å²) in [5.74, 6) is -0.533. The van der Waals surface area contributed by atoms with Crippen LogP contribution in [-0.4, -0.2) is 25.0 Å². The summed E-state index contributed by atoms with van der Waals surface area (Å²) in [5, 5.41) is 0. The first-order valence-corrected chi connectivity index (χ1v) is 6.95. The summed E-state index contributed by atoms with van der Waals surface area (Å²) in [6, 6.07) is 4.44. The molecule has 0 aliphatic carbocycles. The fourth-order valence-electron chi connectivity index (χ4n) is 1.54. The first-order chi connectivity index (χ1) is 9.15. The standard InChI is InChI=1S/C14H19BrFNO3/c1-9(19-5)17(13(18)20-14(2,3)4)12-7-6-10(15)8-11(12)16/h6-9H,1-5H3. The molecule has 1 unspecified atom stereocenters. The third-order valence-electron chi connectivity index (χ3n) is 2.46. The van der Waals surface area contributed by atoms with Gasteiger partial charge in [-0.2, -0.15) is 0 Å². The Morgan fingerprint density at radius 3 is 2.45 bits per heavy atom. The maximum absolute atomic E-state index is 14.1. The molecule has 0 fully saturated rings. The van der Waals surface area contributed by atoms with Crippen LogP contribution in [0.5, 0.6) is 0 Å². The summed E-state index contributed by atoms with van der Waals surface area (Å²) in [7, 11) is 1.44. The molecule has 0 aliphatic heterocycles. The average molecular weight is 348 g/mol. The van der Waals surface area contributed by atoms with E-state index in [9.17, 15) is 9.18 Å². The van der Waals surface area contributed by atoms with E-state index in [2.05, 4.69) is 15.9 Å². The van der Waals surface area contributed by atoms with E-state index in [0.717, 1.165) is 4.90 Å². The number of anilines is 1. The molecule has 0 bridgehead atoms. The van der Waals surface area contributed by atoms with E-state index in [1.54, 1.807) is 33.8 Å². The van der Waals surface area contributed by atoms with E-state index in [1.807, 2.05) is 0 Å². The van der Waals surface area contributed by atoms with Crippen molar-refractivity contribution in [2.75, 3.05) is 12.0 Å². The van der Waals surface area contributed by atoms with Crippen LogP contribution < -0.4 is 4.90 Å². The van der Waals surface area contributed by atoms with Crippen LogP contribution in [0.1, 0.15) is 27.7 Å². The van der Waals surface area contributed by atoms with Gasteiger partial charge in [-0.05, 0) is 45.9 Å². The Morgan fingerprint density at radius 2 is 2.00 bits per heavy atom. The highest BCUT2D eigenvalue weighted by Gasteiger charge is 2.29. The Morgan fingerprint density at radius 1 is 1.40 bits per heavy atom. The van der Waals surface area contributed by atoms with E-state index >= 15 is 0 Å². The molecule has 112 valence electrons. The third-order valence-corrected chi connectivity index (χ3v) is 2.96. The smallest absolute Gasteiger partial charge is 0.417 e. The number of methoxy groups -OCH3 is 1. The summed E-state index contributed by atoms with van der Waals surface area (Å²) in [5.41, 5.74) is -0.564. The maximum Gasteiger partial charge on any atom is 0.417 e. The van der Waals surface area contributed by atoms with Crippen molar-refractivity contribution < 1.29 is 18.7 Å². The highest BCUT2D eigenvalue weighted by molar-refractivity contribution is 9.10. The van der Waals surface area contributed by atoms with Crippen LogP contribution in [0.25, 0.3) is 0 Å². The summed E-state index contributed by atoms with van der Waals surface area (Å²) in [6.07, 6.45) is -1.31. The summed E-state index contributed by atoms with van der Waals surface area (Å²) in [6.45, 7) is 6.89. The quantitative estimate of drug-likeness (QED) is 0.764. The molecule has 0 aliphatic rings. The zero-order chi connectivity index (χ0) is 15.5. The van der Waals surface area contributed by atoms with E-state index in [-0.39, 0.29) is 5.69 Å². The molecule has 1 atom stereocenters. The molecule has 0 saturated carbocycles. The van der Waals surface area contributed by atoms with Gasteiger partial charge in [0.15, 0.2) is 0 Å². The van der Waals surface area contributed by atoms with Gasteiger partial charge in [-0.3, -0.25) is 0 Å². The first kappa shape index (κ1) is 16.9. The van der Waals surface area contributed by atoms with Crippen LogP contribution >= 0.6 is 15.9 Å². The van der Waals surface area contributed by atoms with Crippen molar-refractivity contribution in [1.29, 1.82) is 0 Å². The Bertz CT molecular complexity index is 488. The highest BCUT2D eigenvalue weighted by Crippen LogP contribution is 2.26. The summed E-state index contributed by atoms with van der Waals surface area (Å²) in [4.78, 5) is 13.4. The van der Waals surface area contributed by atoms with Crippen molar-refractivity contribution in [3.63, 3.8) is 0 Å². The molecule has 1 rings (SSSR count). The lowest BCUT2D eigenvalue weighted by molar-refractivity contribution is 0.0421. The molecule has 0 aromatic heterocycles. The van der Waals surface area contributed by atoms with Gasteiger partial charge in [0.25, 0.3) is 0 Å². The lowest BCUT2D eigenvalue weighted by Gasteiger charge is -2.31. The minimum Gasteiger partial charge on any atom is -0.443 e. The number of rotatable bonds is 3. The van der Waals surface area contributed by atoms with E-state index in [1.165, 1.54) is 19.2 Å². The van der Waals surface area contributed by atoms with Crippen molar-refractivity contribution in [3.8, 4) is 0 Å². The maximum atomic E-state index is 14.1. The predicted octanol–water partition coefficient (Wildman–Crippen LogP) is 4.32. The fraction of sp³-hybridized carbons (Fsp3) is 0.500. The number of amides is 1. The molecule has 1 aromatic carbocycles. The highest BCUT2D eigenvalue weighted by atomic mass is 79.9. The number of carbonyl (C=O) groups is 1. The molecule has 0 saturated heterocycles. The number of carbonyl (C=O) groups excluding carboxylic acids is 1. The van der Waals surface area contributed by atoms with Crippen LogP contribution in [0.4, 0.5) is 14.9 Å². The molecule has 20 heavy (non-hydrogen) atoms. The largest absolute Gasteiger partial charge is 0.443 e. The van der Waals surface area contributed by atoms with Crippen molar-refractivity contribution in [2.24, 2.45) is 0 Å². The zero-order valence-electron chi connectivity index (χ0n) is 12.2. The molecule has 0 heterocycles. The second-order valence-corrected chi connectivity index (χ2v) is 6.20. The number of ether oxygens (including phenoxy) is 2. The van der Waals surface area contributed by atoms with Gasteiger partial charge in [0.05, 0.1) is 5.69 Å². The number of hydrogen-bond acceptors (Lipinski definition) is 3. The third kappa shape index (κ3) is 4.45. The number of benzene rings is 1. The topological polar surface area (TPSA) is 38.8 Å². The second-order valence-electron chi connectivity index (χ2n) is 5.28. The van der Waals surface area contributed by atoms with Crippen molar-refractivity contribution in [2.45, 2.75) is 39.5 Å². The van der Waals surface area contributed by atoms with Crippen LogP contribution in [0, 0.1) is 5.82 Å². The molecular weight excluding hydrogens is 329 g/mol. The Labute approximate surface area is 127 Å². The van der Waals surface area contributed by atoms with Crippen LogP contribution in [0.3, 0.4) is 0 Å². The summed E-state index contributed by atoms with van der Waals surface area (Å²) < 4.78 is 25.1. The lowest BCUT2D eigenvalue weighted by Crippen LogP contribution is -2.43. The minimum absolute atomic E-state index is 0.108. The monoisotopic (exact) mass is 347 g/mol. The van der Waals surface area contributed by atoms with Crippen LogP contribution in [0.15, 0.2) is 22.7 Å². The molecule has 0 radical (unpaired) electrons. The van der Waals surface area contributed by atoms with Gasteiger partial charge in [0, 0.05) is 11.6 Å².